The Kier molecular flexibility index (Phi) is 3.29. The summed E-state index contributed by atoms with van der Waals surface area (Å²) in [6, 6.07) is 0.281. The van der Waals surface area contributed by atoms with Gasteiger partial charge >= 0.3 is 0 Å². The number of carbonyl (C=O) groups excluding carboxylic acids is 1. The molecule has 3 heteroatoms. The Bertz CT molecular complexity index is 183. The van der Waals surface area contributed by atoms with E-state index in [1.54, 1.807) is 6.92 Å². The number of carbonyl (C=O) groups is 1. The van der Waals surface area contributed by atoms with E-state index in [9.17, 15) is 4.79 Å². The van der Waals surface area contributed by atoms with Crippen LogP contribution in [-0.2, 0) is 9.53 Å². The second-order valence-electron chi connectivity index (χ2n) is 3.14. The molecule has 0 aromatic rings. The summed E-state index contributed by atoms with van der Waals surface area (Å²) >= 11 is 0. The van der Waals surface area contributed by atoms with Crippen molar-refractivity contribution >= 4 is 5.91 Å². The molecule has 1 saturated heterocycles. The molecule has 1 amide bonds. The molecule has 1 aliphatic rings. The second kappa shape index (κ2) is 4.26. The molecular weight excluding hydrogens is 154 g/mol. The molecule has 0 bridgehead atoms. The van der Waals surface area contributed by atoms with Crippen LogP contribution in [0, 0.1) is 0 Å². The van der Waals surface area contributed by atoms with Crippen molar-refractivity contribution in [2.45, 2.75) is 25.8 Å². The van der Waals surface area contributed by atoms with Crippen LogP contribution in [0.15, 0.2) is 12.2 Å². The van der Waals surface area contributed by atoms with Gasteiger partial charge in [-0.2, -0.15) is 0 Å². The highest BCUT2D eigenvalue weighted by molar-refractivity contribution is 5.92. The van der Waals surface area contributed by atoms with Crippen molar-refractivity contribution in [2.24, 2.45) is 0 Å². The van der Waals surface area contributed by atoms with E-state index in [0.29, 0.717) is 5.57 Å². The van der Waals surface area contributed by atoms with E-state index in [0.717, 1.165) is 26.1 Å². The molecule has 0 radical (unpaired) electrons. The van der Waals surface area contributed by atoms with E-state index in [-0.39, 0.29) is 11.9 Å². The number of hydrogen-bond acceptors (Lipinski definition) is 2. The summed E-state index contributed by atoms with van der Waals surface area (Å²) in [6.45, 7) is 6.80. The summed E-state index contributed by atoms with van der Waals surface area (Å²) in [6.07, 6.45) is 1.83. The Morgan fingerprint density at radius 1 is 1.50 bits per heavy atom. The zero-order chi connectivity index (χ0) is 8.97. The zero-order valence-electron chi connectivity index (χ0n) is 7.43. The maximum atomic E-state index is 11.2. The number of rotatable bonds is 2. The van der Waals surface area contributed by atoms with Gasteiger partial charge in [0.25, 0.3) is 0 Å². The molecule has 3 nitrogen and oxygen atoms in total. The van der Waals surface area contributed by atoms with Crippen LogP contribution in [0.4, 0.5) is 0 Å². The van der Waals surface area contributed by atoms with E-state index in [2.05, 4.69) is 11.9 Å². The first-order valence-corrected chi connectivity index (χ1v) is 4.24. The highest BCUT2D eigenvalue weighted by atomic mass is 16.5. The van der Waals surface area contributed by atoms with E-state index in [1.165, 1.54) is 0 Å². The van der Waals surface area contributed by atoms with Crippen LogP contribution >= 0.6 is 0 Å². The molecule has 0 aliphatic carbocycles. The largest absolute Gasteiger partial charge is 0.381 e. The molecule has 1 rings (SSSR count). The van der Waals surface area contributed by atoms with Gasteiger partial charge in [-0.15, -0.1) is 0 Å². The molecule has 12 heavy (non-hydrogen) atoms. The van der Waals surface area contributed by atoms with Crippen molar-refractivity contribution in [1.29, 1.82) is 0 Å². The summed E-state index contributed by atoms with van der Waals surface area (Å²) in [4.78, 5) is 11.2. The van der Waals surface area contributed by atoms with Crippen LogP contribution in [0.5, 0.6) is 0 Å². The molecule has 1 fully saturated rings. The van der Waals surface area contributed by atoms with E-state index < -0.39 is 0 Å². The van der Waals surface area contributed by atoms with Crippen molar-refractivity contribution in [3.63, 3.8) is 0 Å². The van der Waals surface area contributed by atoms with Gasteiger partial charge in [0.05, 0.1) is 0 Å². The first-order valence-electron chi connectivity index (χ1n) is 4.24. The fourth-order valence-electron chi connectivity index (χ4n) is 1.15. The van der Waals surface area contributed by atoms with E-state index in [4.69, 9.17) is 4.74 Å². The quantitative estimate of drug-likeness (QED) is 0.622. The normalized spacial score (nSPS) is 18.8. The zero-order valence-corrected chi connectivity index (χ0v) is 7.43. The molecule has 1 aliphatic heterocycles. The predicted octanol–water partition coefficient (Wildman–Crippen LogP) is 0.858. The number of amides is 1. The van der Waals surface area contributed by atoms with Crippen molar-refractivity contribution < 1.29 is 9.53 Å². The Hall–Kier alpha value is -0.830. The third-order valence-corrected chi connectivity index (χ3v) is 1.94. The van der Waals surface area contributed by atoms with E-state index >= 15 is 0 Å². The topological polar surface area (TPSA) is 38.3 Å². The highest BCUT2D eigenvalue weighted by Crippen LogP contribution is 2.06. The Balaban J connectivity index is 2.29. The summed E-state index contributed by atoms with van der Waals surface area (Å²) in [7, 11) is 0. The molecule has 0 atom stereocenters. The van der Waals surface area contributed by atoms with Crippen LogP contribution in [0.25, 0.3) is 0 Å². The lowest BCUT2D eigenvalue weighted by Crippen LogP contribution is -2.39. The monoisotopic (exact) mass is 169 g/mol. The van der Waals surface area contributed by atoms with Crippen LogP contribution in [0.2, 0.25) is 0 Å². The lowest BCUT2D eigenvalue weighted by molar-refractivity contribution is -0.118. The van der Waals surface area contributed by atoms with Gasteiger partial charge in [-0.3, -0.25) is 4.79 Å². The first-order chi connectivity index (χ1) is 5.70. The number of nitrogens with one attached hydrogen (secondary N) is 1. The van der Waals surface area contributed by atoms with Gasteiger partial charge in [0.2, 0.25) is 5.91 Å². The van der Waals surface area contributed by atoms with Gasteiger partial charge in [0.1, 0.15) is 0 Å². The standard InChI is InChI=1S/C9H15NO2/c1-7(2)9(11)10-8-3-5-12-6-4-8/h8H,1,3-6H2,2H3,(H,10,11). The lowest BCUT2D eigenvalue weighted by atomic mass is 10.1. The number of ether oxygens (including phenoxy) is 1. The van der Waals surface area contributed by atoms with Crippen molar-refractivity contribution in [3.05, 3.63) is 12.2 Å². The molecule has 0 saturated carbocycles. The van der Waals surface area contributed by atoms with Crippen LogP contribution in [0.3, 0.4) is 0 Å². The van der Waals surface area contributed by atoms with Gasteiger partial charge in [-0.25, -0.2) is 0 Å². The molecule has 0 unspecified atom stereocenters. The average Bonchev–Trinajstić information content (AvgIpc) is 2.06. The van der Waals surface area contributed by atoms with Gasteiger partial charge in [-0.05, 0) is 19.8 Å². The fourth-order valence-corrected chi connectivity index (χ4v) is 1.15. The van der Waals surface area contributed by atoms with Crippen LogP contribution in [0.1, 0.15) is 19.8 Å². The minimum absolute atomic E-state index is 0.0399. The van der Waals surface area contributed by atoms with Gasteiger partial charge in [0.15, 0.2) is 0 Å². The first kappa shape index (κ1) is 9.26. The Labute approximate surface area is 72.8 Å². The molecular formula is C9H15NO2. The molecule has 1 N–H and O–H groups in total. The summed E-state index contributed by atoms with van der Waals surface area (Å²) in [5, 5.41) is 2.90. The number of hydrogen-bond donors (Lipinski definition) is 1. The minimum atomic E-state index is -0.0399. The third kappa shape index (κ3) is 2.66. The molecule has 1 heterocycles. The van der Waals surface area contributed by atoms with E-state index in [1.807, 2.05) is 0 Å². The average molecular weight is 169 g/mol. The van der Waals surface area contributed by atoms with Gasteiger partial charge in [0, 0.05) is 24.8 Å². The maximum Gasteiger partial charge on any atom is 0.246 e. The van der Waals surface area contributed by atoms with Crippen molar-refractivity contribution in [3.8, 4) is 0 Å². The Morgan fingerprint density at radius 3 is 2.58 bits per heavy atom. The van der Waals surface area contributed by atoms with Crippen molar-refractivity contribution in [2.75, 3.05) is 13.2 Å². The van der Waals surface area contributed by atoms with Gasteiger partial charge in [-0.1, -0.05) is 6.58 Å². The summed E-state index contributed by atoms with van der Waals surface area (Å²) in [5.74, 6) is -0.0399. The lowest BCUT2D eigenvalue weighted by Gasteiger charge is -2.22. The molecule has 68 valence electrons. The Morgan fingerprint density at radius 2 is 2.08 bits per heavy atom. The minimum Gasteiger partial charge on any atom is -0.381 e. The molecule has 0 spiro atoms. The molecule has 0 aromatic carbocycles. The van der Waals surface area contributed by atoms with Crippen LogP contribution < -0.4 is 5.32 Å². The van der Waals surface area contributed by atoms with Crippen LogP contribution in [-0.4, -0.2) is 25.2 Å². The van der Waals surface area contributed by atoms with Crippen molar-refractivity contribution in [1.82, 2.24) is 5.32 Å². The maximum absolute atomic E-state index is 11.2. The molecule has 0 aromatic heterocycles. The second-order valence-corrected chi connectivity index (χ2v) is 3.14. The highest BCUT2D eigenvalue weighted by Gasteiger charge is 2.15. The fraction of sp³-hybridized carbons (Fsp3) is 0.667. The summed E-state index contributed by atoms with van der Waals surface area (Å²) in [5.41, 5.74) is 0.571. The third-order valence-electron chi connectivity index (χ3n) is 1.94. The SMILES string of the molecule is C=C(C)C(=O)NC1CCOCC1. The predicted molar refractivity (Wildman–Crippen MR) is 46.8 cm³/mol. The van der Waals surface area contributed by atoms with Gasteiger partial charge < -0.3 is 10.1 Å². The smallest absolute Gasteiger partial charge is 0.246 e. The summed E-state index contributed by atoms with van der Waals surface area (Å²) < 4.78 is 5.17.